The molecular weight excluding hydrogens is 447 g/mol. The molecule has 1 aliphatic heterocycles. The van der Waals surface area contributed by atoms with Crippen molar-refractivity contribution in [3.8, 4) is 5.69 Å². The molecule has 0 bridgehead atoms. The lowest BCUT2D eigenvalue weighted by atomic mass is 9.98. The van der Waals surface area contributed by atoms with E-state index in [1.807, 2.05) is 11.0 Å². The zero-order valence-electron chi connectivity index (χ0n) is 18.6. The summed E-state index contributed by atoms with van der Waals surface area (Å²) in [5.74, 6) is 0.558. The van der Waals surface area contributed by atoms with E-state index < -0.39 is 0 Å². The van der Waals surface area contributed by atoms with E-state index in [1.54, 1.807) is 23.0 Å². The average molecular weight is 477 g/mol. The molecule has 2 amide bonds. The second-order valence-electron chi connectivity index (χ2n) is 8.81. The molecule has 4 rings (SSSR count). The first-order chi connectivity index (χ1) is 15.4. The van der Waals surface area contributed by atoms with Gasteiger partial charge in [0, 0.05) is 36.0 Å². The van der Waals surface area contributed by atoms with Crippen LogP contribution >= 0.6 is 23.2 Å². The van der Waals surface area contributed by atoms with Gasteiger partial charge in [0.15, 0.2) is 0 Å². The first-order valence-electron chi connectivity index (χ1n) is 11.6. The molecule has 0 spiro atoms. The molecule has 0 unspecified atom stereocenters. The Kier molecular flexibility index (Phi) is 7.11. The zero-order chi connectivity index (χ0) is 22.8. The minimum atomic E-state index is -0.104. The number of benzene rings is 1. The average Bonchev–Trinajstić information content (AvgIpc) is 3.53. The van der Waals surface area contributed by atoms with E-state index in [1.165, 1.54) is 0 Å². The van der Waals surface area contributed by atoms with Crippen molar-refractivity contribution in [3.05, 3.63) is 45.7 Å². The summed E-state index contributed by atoms with van der Waals surface area (Å²) in [4.78, 5) is 27.8. The Balaban J connectivity index is 1.45. The number of halogens is 2. The van der Waals surface area contributed by atoms with Crippen LogP contribution in [0.5, 0.6) is 0 Å². The van der Waals surface area contributed by atoms with E-state index in [2.05, 4.69) is 24.3 Å². The fourth-order valence-corrected chi connectivity index (χ4v) is 5.02. The number of amides is 2. The third kappa shape index (κ3) is 4.81. The molecule has 1 aliphatic carbocycles. The molecule has 32 heavy (non-hydrogen) atoms. The fourth-order valence-electron chi connectivity index (χ4n) is 4.53. The van der Waals surface area contributed by atoms with Crippen LogP contribution in [0.2, 0.25) is 10.0 Å². The summed E-state index contributed by atoms with van der Waals surface area (Å²) in [5, 5.41) is 8.74. The summed E-state index contributed by atoms with van der Waals surface area (Å²) in [5.41, 5.74) is 2.24. The Labute approximate surface area is 199 Å². The maximum Gasteiger partial charge on any atom is 0.255 e. The normalized spacial score (nSPS) is 17.1. The predicted octanol–water partition coefficient (Wildman–Crippen LogP) is 5.21. The number of hydrogen-bond acceptors (Lipinski definition) is 3. The van der Waals surface area contributed by atoms with Gasteiger partial charge in [-0.2, -0.15) is 5.10 Å². The summed E-state index contributed by atoms with van der Waals surface area (Å²) >= 11 is 12.5. The van der Waals surface area contributed by atoms with Gasteiger partial charge in [0.05, 0.1) is 28.2 Å². The van der Waals surface area contributed by atoms with Crippen LogP contribution in [0.15, 0.2) is 24.4 Å². The van der Waals surface area contributed by atoms with Crippen molar-refractivity contribution >= 4 is 35.0 Å². The second-order valence-corrected chi connectivity index (χ2v) is 9.66. The van der Waals surface area contributed by atoms with Crippen LogP contribution < -0.4 is 5.32 Å². The van der Waals surface area contributed by atoms with Gasteiger partial charge in [-0.05, 0) is 56.7 Å². The van der Waals surface area contributed by atoms with Gasteiger partial charge in [0.25, 0.3) is 5.91 Å². The molecule has 172 valence electrons. The Morgan fingerprint density at radius 1 is 1.12 bits per heavy atom. The maximum absolute atomic E-state index is 13.2. The Morgan fingerprint density at radius 3 is 2.41 bits per heavy atom. The van der Waals surface area contributed by atoms with Gasteiger partial charge < -0.3 is 10.2 Å². The van der Waals surface area contributed by atoms with E-state index in [9.17, 15) is 9.59 Å². The monoisotopic (exact) mass is 476 g/mol. The first kappa shape index (κ1) is 23.1. The smallest absolute Gasteiger partial charge is 0.255 e. The van der Waals surface area contributed by atoms with E-state index >= 15 is 0 Å². The van der Waals surface area contributed by atoms with Crippen LogP contribution in [0.4, 0.5) is 0 Å². The van der Waals surface area contributed by atoms with Crippen molar-refractivity contribution < 1.29 is 9.59 Å². The quantitative estimate of drug-likeness (QED) is 0.595. The molecule has 2 aliphatic rings. The minimum absolute atomic E-state index is 0.0581. The highest BCUT2D eigenvalue weighted by Gasteiger charge is 2.34. The molecule has 0 atom stereocenters. The van der Waals surface area contributed by atoms with Crippen molar-refractivity contribution in [1.82, 2.24) is 20.0 Å². The highest BCUT2D eigenvalue weighted by atomic mass is 35.5. The highest BCUT2D eigenvalue weighted by molar-refractivity contribution is 6.35. The van der Waals surface area contributed by atoms with Crippen molar-refractivity contribution in [1.29, 1.82) is 0 Å². The molecule has 8 heteroatoms. The summed E-state index contributed by atoms with van der Waals surface area (Å²) in [7, 11) is 0. The van der Waals surface area contributed by atoms with Gasteiger partial charge in [-0.3, -0.25) is 9.59 Å². The van der Waals surface area contributed by atoms with E-state index in [4.69, 9.17) is 23.2 Å². The molecule has 1 aromatic carbocycles. The van der Waals surface area contributed by atoms with Gasteiger partial charge in [-0.25, -0.2) is 4.68 Å². The maximum atomic E-state index is 13.2. The zero-order valence-corrected chi connectivity index (χ0v) is 20.1. The third-order valence-corrected chi connectivity index (χ3v) is 7.17. The van der Waals surface area contributed by atoms with Crippen LogP contribution in [-0.2, 0) is 4.79 Å². The standard InChI is InChI=1S/C24H30Cl2N4O2/c1-3-15(4-2)24(32)29-11-9-18(10-12-29)28-23(31)19-14-27-30(22(19)16-5-6-16)21-8-7-17(25)13-20(21)26/h7-8,13-16,18H,3-6,9-12H2,1-2H3,(H,28,31). The van der Waals surface area contributed by atoms with Gasteiger partial charge in [0.1, 0.15) is 0 Å². The van der Waals surface area contributed by atoms with E-state index in [0.717, 1.165) is 49.9 Å². The molecule has 6 nitrogen and oxygen atoms in total. The first-order valence-corrected chi connectivity index (χ1v) is 12.3. The molecule has 2 fully saturated rings. The van der Waals surface area contributed by atoms with Crippen molar-refractivity contribution in [3.63, 3.8) is 0 Å². The van der Waals surface area contributed by atoms with Crippen LogP contribution in [0, 0.1) is 5.92 Å². The van der Waals surface area contributed by atoms with Gasteiger partial charge in [-0.1, -0.05) is 37.0 Å². The number of aromatic nitrogens is 2. The third-order valence-electron chi connectivity index (χ3n) is 6.63. The lowest BCUT2D eigenvalue weighted by molar-refractivity contribution is -0.136. The molecule has 1 N–H and O–H groups in total. The van der Waals surface area contributed by atoms with Crippen LogP contribution in [0.3, 0.4) is 0 Å². The van der Waals surface area contributed by atoms with Crippen LogP contribution in [0.25, 0.3) is 5.69 Å². The number of piperidine rings is 1. The Morgan fingerprint density at radius 2 is 1.81 bits per heavy atom. The number of rotatable bonds is 7. The topological polar surface area (TPSA) is 67.2 Å². The number of hydrogen-bond donors (Lipinski definition) is 1. The number of likely N-dealkylation sites (tertiary alicyclic amines) is 1. The van der Waals surface area contributed by atoms with E-state index in [-0.39, 0.29) is 23.8 Å². The second kappa shape index (κ2) is 9.84. The molecular formula is C24H30Cl2N4O2. The molecule has 1 saturated heterocycles. The molecule has 1 saturated carbocycles. The Hall–Kier alpha value is -2.05. The molecule has 0 radical (unpaired) electrons. The SMILES string of the molecule is CCC(CC)C(=O)N1CCC(NC(=O)c2cnn(-c3ccc(Cl)cc3Cl)c2C2CC2)CC1. The highest BCUT2D eigenvalue weighted by Crippen LogP contribution is 2.43. The largest absolute Gasteiger partial charge is 0.349 e. The van der Waals surface area contributed by atoms with Crippen LogP contribution in [-0.4, -0.2) is 45.6 Å². The minimum Gasteiger partial charge on any atom is -0.349 e. The summed E-state index contributed by atoms with van der Waals surface area (Å²) < 4.78 is 1.78. The summed E-state index contributed by atoms with van der Waals surface area (Å²) in [6.45, 7) is 5.51. The number of carbonyl (C=O) groups is 2. The number of carbonyl (C=O) groups excluding carboxylic acids is 2. The number of nitrogens with one attached hydrogen (secondary N) is 1. The molecule has 1 aromatic heterocycles. The fraction of sp³-hybridized carbons (Fsp3) is 0.542. The van der Waals surface area contributed by atoms with Crippen molar-refractivity contribution in [2.45, 2.75) is 64.3 Å². The van der Waals surface area contributed by atoms with Crippen molar-refractivity contribution in [2.75, 3.05) is 13.1 Å². The predicted molar refractivity (Wildman–Crippen MR) is 127 cm³/mol. The van der Waals surface area contributed by atoms with Crippen molar-refractivity contribution in [2.24, 2.45) is 5.92 Å². The van der Waals surface area contributed by atoms with Gasteiger partial charge in [0.2, 0.25) is 5.91 Å². The number of nitrogens with zero attached hydrogens (tertiary/aromatic N) is 3. The van der Waals surface area contributed by atoms with Crippen LogP contribution in [0.1, 0.15) is 74.3 Å². The van der Waals surface area contributed by atoms with Gasteiger partial charge in [-0.15, -0.1) is 0 Å². The lowest BCUT2D eigenvalue weighted by Crippen LogP contribution is -2.48. The lowest BCUT2D eigenvalue weighted by Gasteiger charge is -2.34. The Bertz CT molecular complexity index is 990. The molecule has 2 heterocycles. The summed E-state index contributed by atoms with van der Waals surface area (Å²) in [6, 6.07) is 5.35. The van der Waals surface area contributed by atoms with Gasteiger partial charge >= 0.3 is 0 Å². The molecule has 2 aromatic rings. The van der Waals surface area contributed by atoms with E-state index in [0.29, 0.717) is 34.6 Å². The summed E-state index contributed by atoms with van der Waals surface area (Å²) in [6.07, 6.45) is 7.00.